The van der Waals surface area contributed by atoms with E-state index >= 15 is 0 Å². The third kappa shape index (κ3) is 3.35. The molecule has 0 bridgehead atoms. The summed E-state index contributed by atoms with van der Waals surface area (Å²) < 4.78 is 5.48. The molecule has 3 nitrogen and oxygen atoms in total. The first kappa shape index (κ1) is 13.6. The van der Waals surface area contributed by atoms with Crippen LogP contribution in [0.3, 0.4) is 0 Å². The van der Waals surface area contributed by atoms with Crippen molar-refractivity contribution in [3.8, 4) is 5.75 Å². The maximum Gasteiger partial charge on any atom is 0.144 e. The van der Waals surface area contributed by atoms with E-state index in [1.54, 1.807) is 11.8 Å². The standard InChI is InChI=1S/C15H18N2OS/c1-3-18-14-6-4-5-13(15(14)16)17-11-7-9-12(19-2)10-8-11/h4-10,17H,3,16H2,1-2H3. The monoisotopic (exact) mass is 274 g/mol. The second-order valence-electron chi connectivity index (χ2n) is 4.00. The molecule has 19 heavy (non-hydrogen) atoms. The minimum atomic E-state index is 0.607. The van der Waals surface area contributed by atoms with E-state index in [9.17, 15) is 0 Å². The smallest absolute Gasteiger partial charge is 0.144 e. The van der Waals surface area contributed by atoms with Crippen molar-refractivity contribution >= 4 is 28.8 Å². The molecule has 0 aromatic heterocycles. The summed E-state index contributed by atoms with van der Waals surface area (Å²) in [5.41, 5.74) is 8.59. The fourth-order valence-electron chi connectivity index (χ4n) is 1.76. The molecule has 0 heterocycles. The number of hydrogen-bond donors (Lipinski definition) is 2. The molecule has 100 valence electrons. The van der Waals surface area contributed by atoms with Gasteiger partial charge in [-0.05, 0) is 49.6 Å². The van der Waals surface area contributed by atoms with Gasteiger partial charge in [-0.1, -0.05) is 6.07 Å². The van der Waals surface area contributed by atoms with Gasteiger partial charge in [0.05, 0.1) is 18.0 Å². The Kier molecular flexibility index (Phi) is 4.58. The summed E-state index contributed by atoms with van der Waals surface area (Å²) in [5.74, 6) is 0.716. The van der Waals surface area contributed by atoms with Crippen LogP contribution in [0.15, 0.2) is 47.4 Å². The Morgan fingerprint density at radius 2 is 1.89 bits per heavy atom. The highest BCUT2D eigenvalue weighted by molar-refractivity contribution is 7.98. The van der Waals surface area contributed by atoms with E-state index in [1.807, 2.05) is 37.3 Å². The lowest BCUT2D eigenvalue weighted by Crippen LogP contribution is -2.01. The van der Waals surface area contributed by atoms with Crippen molar-refractivity contribution in [3.63, 3.8) is 0 Å². The molecule has 4 heteroatoms. The van der Waals surface area contributed by atoms with Gasteiger partial charge >= 0.3 is 0 Å². The van der Waals surface area contributed by atoms with Crippen molar-refractivity contribution in [1.82, 2.24) is 0 Å². The molecule has 0 amide bonds. The van der Waals surface area contributed by atoms with Crippen molar-refractivity contribution in [3.05, 3.63) is 42.5 Å². The van der Waals surface area contributed by atoms with E-state index < -0.39 is 0 Å². The molecule has 0 unspecified atom stereocenters. The fraction of sp³-hybridized carbons (Fsp3) is 0.200. The lowest BCUT2D eigenvalue weighted by Gasteiger charge is -2.13. The van der Waals surface area contributed by atoms with Gasteiger partial charge in [0.1, 0.15) is 5.75 Å². The van der Waals surface area contributed by atoms with Crippen LogP contribution in [0.4, 0.5) is 17.1 Å². The molecule has 2 aromatic rings. The van der Waals surface area contributed by atoms with Crippen LogP contribution in [0.1, 0.15) is 6.92 Å². The summed E-state index contributed by atoms with van der Waals surface area (Å²) in [4.78, 5) is 1.24. The summed E-state index contributed by atoms with van der Waals surface area (Å²) in [5, 5.41) is 3.31. The van der Waals surface area contributed by atoms with Gasteiger partial charge in [-0.3, -0.25) is 0 Å². The number of rotatable bonds is 5. The van der Waals surface area contributed by atoms with Gasteiger partial charge in [-0.15, -0.1) is 11.8 Å². The predicted octanol–water partition coefficient (Wildman–Crippen LogP) is 4.13. The second-order valence-corrected chi connectivity index (χ2v) is 4.88. The number of nitrogens with two attached hydrogens (primary N) is 1. The lowest BCUT2D eigenvalue weighted by atomic mass is 10.2. The Morgan fingerprint density at radius 3 is 2.53 bits per heavy atom. The van der Waals surface area contributed by atoms with Crippen LogP contribution in [-0.4, -0.2) is 12.9 Å². The maximum atomic E-state index is 6.08. The molecule has 0 fully saturated rings. The van der Waals surface area contributed by atoms with Gasteiger partial charge in [0, 0.05) is 10.6 Å². The Bertz CT molecular complexity index is 540. The first-order chi connectivity index (χ1) is 9.24. The first-order valence-corrected chi connectivity index (χ1v) is 7.39. The van der Waals surface area contributed by atoms with Gasteiger partial charge in [-0.2, -0.15) is 0 Å². The third-order valence-corrected chi connectivity index (χ3v) is 3.48. The number of hydrogen-bond acceptors (Lipinski definition) is 4. The van der Waals surface area contributed by atoms with E-state index in [0.29, 0.717) is 18.0 Å². The molecular formula is C15H18N2OS. The van der Waals surface area contributed by atoms with E-state index in [0.717, 1.165) is 11.4 Å². The van der Waals surface area contributed by atoms with Gasteiger partial charge in [0.15, 0.2) is 0 Å². The Balaban J connectivity index is 2.20. The molecule has 0 aliphatic heterocycles. The van der Waals surface area contributed by atoms with Crippen molar-refractivity contribution in [2.45, 2.75) is 11.8 Å². The van der Waals surface area contributed by atoms with Crippen LogP contribution < -0.4 is 15.8 Å². The zero-order valence-electron chi connectivity index (χ0n) is 11.1. The summed E-state index contributed by atoms with van der Waals surface area (Å²) in [6.07, 6.45) is 2.06. The minimum Gasteiger partial charge on any atom is -0.492 e. The average molecular weight is 274 g/mol. The highest BCUT2D eigenvalue weighted by Crippen LogP contribution is 2.31. The Hall–Kier alpha value is -1.81. The average Bonchev–Trinajstić information content (AvgIpc) is 2.44. The van der Waals surface area contributed by atoms with Crippen molar-refractivity contribution in [2.24, 2.45) is 0 Å². The zero-order chi connectivity index (χ0) is 13.7. The van der Waals surface area contributed by atoms with E-state index in [2.05, 4.69) is 23.7 Å². The molecule has 0 aliphatic carbocycles. The number of anilines is 3. The van der Waals surface area contributed by atoms with Gasteiger partial charge < -0.3 is 15.8 Å². The van der Waals surface area contributed by atoms with Crippen LogP contribution >= 0.6 is 11.8 Å². The van der Waals surface area contributed by atoms with Crippen LogP contribution in [0.2, 0.25) is 0 Å². The SMILES string of the molecule is CCOc1cccc(Nc2ccc(SC)cc2)c1N. The Morgan fingerprint density at radius 1 is 1.16 bits per heavy atom. The second kappa shape index (κ2) is 6.38. The van der Waals surface area contributed by atoms with E-state index in [-0.39, 0.29) is 0 Å². The molecule has 2 aromatic carbocycles. The maximum absolute atomic E-state index is 6.08. The molecule has 2 rings (SSSR count). The molecule has 0 saturated carbocycles. The number of benzene rings is 2. The fourth-order valence-corrected chi connectivity index (χ4v) is 2.17. The quantitative estimate of drug-likeness (QED) is 0.635. The largest absolute Gasteiger partial charge is 0.492 e. The summed E-state index contributed by atoms with van der Waals surface area (Å²) >= 11 is 1.72. The molecule has 0 radical (unpaired) electrons. The van der Waals surface area contributed by atoms with E-state index in [1.165, 1.54) is 4.90 Å². The molecular weight excluding hydrogens is 256 g/mol. The molecule has 0 saturated heterocycles. The van der Waals surface area contributed by atoms with Crippen LogP contribution in [0.5, 0.6) is 5.75 Å². The topological polar surface area (TPSA) is 47.3 Å². The molecule has 0 aliphatic rings. The van der Waals surface area contributed by atoms with Crippen molar-refractivity contribution < 1.29 is 4.74 Å². The van der Waals surface area contributed by atoms with Crippen LogP contribution in [-0.2, 0) is 0 Å². The number of para-hydroxylation sites is 1. The zero-order valence-corrected chi connectivity index (χ0v) is 12.0. The number of ether oxygens (including phenoxy) is 1. The third-order valence-electron chi connectivity index (χ3n) is 2.73. The minimum absolute atomic E-state index is 0.607. The summed E-state index contributed by atoms with van der Waals surface area (Å²) in [6, 6.07) is 14.0. The molecule has 0 atom stereocenters. The molecule has 0 spiro atoms. The molecule has 3 N–H and O–H groups in total. The summed E-state index contributed by atoms with van der Waals surface area (Å²) in [6.45, 7) is 2.55. The highest BCUT2D eigenvalue weighted by Gasteiger charge is 2.05. The number of nitrogens with one attached hydrogen (secondary N) is 1. The Labute approximate surface area is 118 Å². The van der Waals surface area contributed by atoms with Gasteiger partial charge in [0.25, 0.3) is 0 Å². The lowest BCUT2D eigenvalue weighted by molar-refractivity contribution is 0.342. The van der Waals surface area contributed by atoms with Gasteiger partial charge in [-0.25, -0.2) is 0 Å². The summed E-state index contributed by atoms with van der Waals surface area (Å²) in [7, 11) is 0. The van der Waals surface area contributed by atoms with Gasteiger partial charge in [0.2, 0.25) is 0 Å². The normalized spacial score (nSPS) is 10.2. The van der Waals surface area contributed by atoms with Crippen LogP contribution in [0, 0.1) is 0 Å². The van der Waals surface area contributed by atoms with Crippen molar-refractivity contribution in [1.29, 1.82) is 0 Å². The predicted molar refractivity (Wildman–Crippen MR) is 83.5 cm³/mol. The van der Waals surface area contributed by atoms with Crippen molar-refractivity contribution in [2.75, 3.05) is 23.9 Å². The number of nitrogen functional groups attached to an aromatic ring is 1. The highest BCUT2D eigenvalue weighted by atomic mass is 32.2. The van der Waals surface area contributed by atoms with E-state index in [4.69, 9.17) is 10.5 Å². The number of thioether (sulfide) groups is 1. The first-order valence-electron chi connectivity index (χ1n) is 6.17. The van der Waals surface area contributed by atoms with Crippen LogP contribution in [0.25, 0.3) is 0 Å².